The van der Waals surface area contributed by atoms with Gasteiger partial charge in [0.2, 0.25) is 0 Å². The second-order valence-electron chi connectivity index (χ2n) is 4.65. The lowest BCUT2D eigenvalue weighted by Gasteiger charge is -2.09. The zero-order valence-electron chi connectivity index (χ0n) is 10.0. The van der Waals surface area contributed by atoms with E-state index in [1.807, 2.05) is 23.0 Å². The van der Waals surface area contributed by atoms with E-state index in [-0.39, 0.29) is 6.04 Å². The smallest absolute Gasteiger partial charge is 0.153 e. The van der Waals surface area contributed by atoms with E-state index in [9.17, 15) is 0 Å². The number of halogens is 1. The molecule has 0 spiro atoms. The molecule has 1 unspecified atom stereocenters. The summed E-state index contributed by atoms with van der Waals surface area (Å²) in [6.07, 6.45) is 8.12. The molecule has 4 nitrogen and oxygen atoms in total. The number of pyridine rings is 1. The van der Waals surface area contributed by atoms with Crippen molar-refractivity contribution < 1.29 is 0 Å². The first-order valence-electron chi connectivity index (χ1n) is 6.20. The maximum Gasteiger partial charge on any atom is 0.153 e. The fourth-order valence-corrected chi connectivity index (χ4v) is 2.68. The van der Waals surface area contributed by atoms with Crippen LogP contribution in [0.2, 0.25) is 0 Å². The van der Waals surface area contributed by atoms with Gasteiger partial charge in [-0.2, -0.15) is 5.10 Å². The fraction of sp³-hybridized carbons (Fsp3) is 0.385. The summed E-state index contributed by atoms with van der Waals surface area (Å²) in [5, 5.41) is 4.45. The van der Waals surface area contributed by atoms with Gasteiger partial charge in [0.05, 0.1) is 11.9 Å². The van der Waals surface area contributed by atoms with Crippen LogP contribution in [0.25, 0.3) is 5.82 Å². The summed E-state index contributed by atoms with van der Waals surface area (Å²) >= 11 is 3.39. The highest BCUT2D eigenvalue weighted by atomic mass is 79.9. The lowest BCUT2D eigenvalue weighted by atomic mass is 10.1. The zero-order valence-corrected chi connectivity index (χ0v) is 11.6. The molecule has 5 heteroatoms. The minimum Gasteiger partial charge on any atom is -0.324 e. The van der Waals surface area contributed by atoms with E-state index in [4.69, 9.17) is 5.73 Å². The van der Waals surface area contributed by atoms with Crippen LogP contribution in [-0.2, 0) is 6.42 Å². The lowest BCUT2D eigenvalue weighted by Crippen LogP contribution is -2.10. The Bertz CT molecular complexity index is 547. The molecule has 2 aromatic rings. The van der Waals surface area contributed by atoms with Gasteiger partial charge in [-0.05, 0) is 47.3 Å². The van der Waals surface area contributed by atoms with Gasteiger partial charge < -0.3 is 5.73 Å². The summed E-state index contributed by atoms with van der Waals surface area (Å²) in [5.74, 6) is 0.855. The Morgan fingerprint density at radius 3 is 2.94 bits per heavy atom. The largest absolute Gasteiger partial charge is 0.324 e. The number of aromatic nitrogens is 3. The first kappa shape index (κ1) is 11.9. The average molecular weight is 307 g/mol. The van der Waals surface area contributed by atoms with Crippen molar-refractivity contribution in [2.24, 2.45) is 5.73 Å². The molecule has 0 aliphatic heterocycles. The number of hydrogen-bond acceptors (Lipinski definition) is 3. The monoisotopic (exact) mass is 306 g/mol. The average Bonchev–Trinajstić information content (AvgIpc) is 2.71. The van der Waals surface area contributed by atoms with Crippen LogP contribution in [0.5, 0.6) is 0 Å². The van der Waals surface area contributed by atoms with Crippen LogP contribution in [-0.4, -0.2) is 14.8 Å². The predicted molar refractivity (Wildman–Crippen MR) is 73.5 cm³/mol. The van der Waals surface area contributed by atoms with Gasteiger partial charge in [-0.25, -0.2) is 9.67 Å². The van der Waals surface area contributed by atoms with Gasteiger partial charge in [0.25, 0.3) is 0 Å². The summed E-state index contributed by atoms with van der Waals surface area (Å²) in [6.45, 7) is 0. The Balaban J connectivity index is 2.06. The summed E-state index contributed by atoms with van der Waals surface area (Å²) in [6, 6.07) is 4.06. The van der Waals surface area contributed by atoms with Gasteiger partial charge in [-0.3, -0.25) is 0 Å². The minimum atomic E-state index is 0.117. The molecule has 94 valence electrons. The molecule has 0 saturated heterocycles. The van der Waals surface area contributed by atoms with Crippen molar-refractivity contribution in [2.75, 3.05) is 0 Å². The summed E-state index contributed by atoms with van der Waals surface area (Å²) in [7, 11) is 0. The molecule has 18 heavy (non-hydrogen) atoms. The Kier molecular flexibility index (Phi) is 3.18. The van der Waals surface area contributed by atoms with Crippen LogP contribution in [0.3, 0.4) is 0 Å². The van der Waals surface area contributed by atoms with Gasteiger partial charge >= 0.3 is 0 Å². The number of nitrogens with two attached hydrogens (primary N) is 1. The van der Waals surface area contributed by atoms with E-state index in [0.29, 0.717) is 0 Å². The van der Waals surface area contributed by atoms with Gasteiger partial charge in [-0.15, -0.1) is 0 Å². The third-order valence-electron chi connectivity index (χ3n) is 3.41. The molecule has 0 amide bonds. The van der Waals surface area contributed by atoms with Crippen molar-refractivity contribution in [3.05, 3.63) is 40.3 Å². The number of rotatable bonds is 1. The molecular weight excluding hydrogens is 292 g/mol. The molecular formula is C13H15BrN4. The molecule has 1 aliphatic carbocycles. The van der Waals surface area contributed by atoms with Crippen LogP contribution in [0, 0.1) is 0 Å². The maximum atomic E-state index is 6.18. The number of hydrogen-bond donors (Lipinski definition) is 1. The second kappa shape index (κ2) is 4.82. The minimum absolute atomic E-state index is 0.117. The van der Waals surface area contributed by atoms with Gasteiger partial charge in [0.15, 0.2) is 5.82 Å². The van der Waals surface area contributed by atoms with Crippen molar-refractivity contribution in [1.82, 2.24) is 14.8 Å². The number of fused-ring (bicyclic) bond motifs is 1. The highest BCUT2D eigenvalue weighted by Crippen LogP contribution is 2.28. The van der Waals surface area contributed by atoms with E-state index in [2.05, 4.69) is 26.0 Å². The van der Waals surface area contributed by atoms with Crippen molar-refractivity contribution in [2.45, 2.75) is 31.7 Å². The lowest BCUT2D eigenvalue weighted by molar-refractivity contribution is 0.611. The van der Waals surface area contributed by atoms with Crippen LogP contribution in [0.15, 0.2) is 29.0 Å². The predicted octanol–water partition coefficient (Wildman–Crippen LogP) is 2.76. The van der Waals surface area contributed by atoms with Crippen LogP contribution < -0.4 is 5.73 Å². The molecule has 2 aromatic heterocycles. The number of nitrogens with zero attached hydrogens (tertiary/aromatic N) is 3. The van der Waals surface area contributed by atoms with Gasteiger partial charge in [0.1, 0.15) is 0 Å². The topological polar surface area (TPSA) is 56.7 Å². The molecule has 1 atom stereocenters. The Labute approximate surface area is 114 Å². The third kappa shape index (κ3) is 2.08. The van der Waals surface area contributed by atoms with Crippen molar-refractivity contribution in [3.63, 3.8) is 0 Å². The van der Waals surface area contributed by atoms with Gasteiger partial charge in [-0.1, -0.05) is 6.42 Å². The van der Waals surface area contributed by atoms with Crippen molar-refractivity contribution in [1.29, 1.82) is 0 Å². The van der Waals surface area contributed by atoms with Crippen molar-refractivity contribution in [3.8, 4) is 5.82 Å². The Hall–Kier alpha value is -1.20. The van der Waals surface area contributed by atoms with E-state index in [1.165, 1.54) is 24.1 Å². The molecule has 1 aliphatic rings. The SMILES string of the molecule is NC1CCCCc2c1cnn2-c1ccc(Br)cn1. The molecule has 2 heterocycles. The van der Waals surface area contributed by atoms with Gasteiger partial charge in [0, 0.05) is 22.3 Å². The first-order chi connectivity index (χ1) is 8.75. The quantitative estimate of drug-likeness (QED) is 0.824. The van der Waals surface area contributed by atoms with E-state index >= 15 is 0 Å². The molecule has 0 saturated carbocycles. The van der Waals surface area contributed by atoms with E-state index in [0.717, 1.165) is 23.1 Å². The van der Waals surface area contributed by atoms with Crippen LogP contribution >= 0.6 is 15.9 Å². The van der Waals surface area contributed by atoms with Crippen LogP contribution in [0.1, 0.15) is 36.6 Å². The Morgan fingerprint density at radius 2 is 2.17 bits per heavy atom. The summed E-state index contributed by atoms with van der Waals surface area (Å²) in [4.78, 5) is 4.40. The standard InChI is InChI=1S/C13H15BrN4/c14-9-5-6-13(16-7-9)18-12-4-2-1-3-11(15)10(12)8-17-18/h5-8,11H,1-4,15H2. The van der Waals surface area contributed by atoms with E-state index < -0.39 is 0 Å². The maximum absolute atomic E-state index is 6.18. The molecule has 2 N–H and O–H groups in total. The highest BCUT2D eigenvalue weighted by molar-refractivity contribution is 9.10. The normalized spacial score (nSPS) is 19.3. The molecule has 0 fully saturated rings. The summed E-state index contributed by atoms with van der Waals surface area (Å²) < 4.78 is 2.90. The third-order valence-corrected chi connectivity index (χ3v) is 3.88. The molecule has 0 aromatic carbocycles. The molecule has 0 bridgehead atoms. The van der Waals surface area contributed by atoms with Crippen LogP contribution in [0.4, 0.5) is 0 Å². The highest BCUT2D eigenvalue weighted by Gasteiger charge is 2.20. The van der Waals surface area contributed by atoms with E-state index in [1.54, 1.807) is 6.20 Å². The second-order valence-corrected chi connectivity index (χ2v) is 5.56. The summed E-state index contributed by atoms with van der Waals surface area (Å²) in [5.41, 5.74) is 8.58. The van der Waals surface area contributed by atoms with Crippen molar-refractivity contribution >= 4 is 15.9 Å². The molecule has 0 radical (unpaired) electrons. The first-order valence-corrected chi connectivity index (χ1v) is 6.99. The fourth-order valence-electron chi connectivity index (χ4n) is 2.45. The zero-order chi connectivity index (χ0) is 12.5. The molecule has 3 rings (SSSR count). The Morgan fingerprint density at radius 1 is 1.28 bits per heavy atom.